The van der Waals surface area contributed by atoms with Gasteiger partial charge in [-0.25, -0.2) is 4.39 Å². The highest BCUT2D eigenvalue weighted by molar-refractivity contribution is 6.30. The van der Waals surface area contributed by atoms with E-state index in [2.05, 4.69) is 4.74 Å². The van der Waals surface area contributed by atoms with Gasteiger partial charge in [0.2, 0.25) is 0 Å². The van der Waals surface area contributed by atoms with Crippen molar-refractivity contribution < 1.29 is 19.0 Å². The third kappa shape index (κ3) is 2.37. The quantitative estimate of drug-likeness (QED) is 0.757. The summed E-state index contributed by atoms with van der Waals surface area (Å²) in [5, 5.41) is 9.36. The summed E-state index contributed by atoms with van der Waals surface area (Å²) in [4.78, 5) is 11.1. The van der Waals surface area contributed by atoms with Gasteiger partial charge in [-0.05, 0) is 12.1 Å². The fourth-order valence-corrected chi connectivity index (χ4v) is 1.29. The topological polar surface area (TPSA) is 72.5 Å². The normalized spacial score (nSPS) is 12.3. The van der Waals surface area contributed by atoms with Crippen LogP contribution in [-0.2, 0) is 9.53 Å². The molecule has 0 amide bonds. The van der Waals surface area contributed by atoms with Gasteiger partial charge < -0.3 is 15.6 Å². The molecule has 0 aliphatic carbocycles. The van der Waals surface area contributed by atoms with Gasteiger partial charge in [0.25, 0.3) is 0 Å². The van der Waals surface area contributed by atoms with Crippen LogP contribution < -0.4 is 5.73 Å². The number of methoxy groups -OCH3 is 1. The lowest BCUT2D eigenvalue weighted by molar-refractivity contribution is -0.142. The van der Waals surface area contributed by atoms with Gasteiger partial charge in [0, 0.05) is 10.6 Å². The number of phenolic OH excluding ortho intramolecular Hbond substituents is 1. The van der Waals surface area contributed by atoms with Crippen LogP contribution in [0.5, 0.6) is 5.75 Å². The monoisotopic (exact) mass is 233 g/mol. The number of hydrogen-bond donors (Lipinski definition) is 2. The van der Waals surface area contributed by atoms with Gasteiger partial charge in [0.15, 0.2) is 11.6 Å². The van der Waals surface area contributed by atoms with Crippen LogP contribution in [0.2, 0.25) is 5.02 Å². The number of nitrogens with two attached hydrogens (primary N) is 1. The van der Waals surface area contributed by atoms with Gasteiger partial charge in [-0.1, -0.05) is 11.6 Å². The molecular formula is C9H9ClFNO3. The fourth-order valence-electron chi connectivity index (χ4n) is 1.08. The van der Waals surface area contributed by atoms with Crippen LogP contribution in [-0.4, -0.2) is 18.2 Å². The van der Waals surface area contributed by atoms with Crippen molar-refractivity contribution in [1.82, 2.24) is 0 Å². The molecule has 0 aromatic heterocycles. The highest BCUT2D eigenvalue weighted by Crippen LogP contribution is 2.29. The van der Waals surface area contributed by atoms with Crippen molar-refractivity contribution in [3.8, 4) is 5.75 Å². The molecule has 3 N–H and O–H groups in total. The number of rotatable bonds is 2. The van der Waals surface area contributed by atoms with E-state index in [-0.39, 0.29) is 10.6 Å². The molecule has 0 saturated carbocycles. The molecule has 0 heterocycles. The van der Waals surface area contributed by atoms with Gasteiger partial charge in [0.1, 0.15) is 6.04 Å². The largest absolute Gasteiger partial charge is 0.505 e. The molecule has 15 heavy (non-hydrogen) atoms. The van der Waals surface area contributed by atoms with Crippen LogP contribution in [0.1, 0.15) is 11.6 Å². The Labute approximate surface area is 90.4 Å². The standard InChI is InChI=1S/C9H9ClFNO3/c1-15-9(14)7(12)5-2-4(10)3-6(11)8(5)13/h2-3,7,13H,12H2,1H3/t7-/m0/s1. The summed E-state index contributed by atoms with van der Waals surface area (Å²) in [7, 11) is 1.14. The molecule has 1 atom stereocenters. The first-order valence-corrected chi connectivity index (χ1v) is 4.36. The molecule has 0 aliphatic rings. The van der Waals surface area contributed by atoms with E-state index in [0.29, 0.717) is 0 Å². The summed E-state index contributed by atoms with van der Waals surface area (Å²) in [5.41, 5.74) is 5.32. The van der Waals surface area contributed by atoms with E-state index in [1.807, 2.05) is 0 Å². The Kier molecular flexibility index (Phi) is 3.49. The Hall–Kier alpha value is -1.33. The lowest BCUT2D eigenvalue weighted by atomic mass is 10.1. The van der Waals surface area contributed by atoms with Crippen molar-refractivity contribution in [3.05, 3.63) is 28.5 Å². The Morgan fingerprint density at radius 3 is 2.80 bits per heavy atom. The van der Waals surface area contributed by atoms with Crippen LogP contribution >= 0.6 is 11.6 Å². The summed E-state index contributed by atoms with van der Waals surface area (Å²) >= 11 is 5.56. The number of carbonyl (C=O) groups is 1. The summed E-state index contributed by atoms with van der Waals surface area (Å²) in [6.45, 7) is 0. The molecule has 0 bridgehead atoms. The minimum Gasteiger partial charge on any atom is -0.505 e. The smallest absolute Gasteiger partial charge is 0.327 e. The average molecular weight is 234 g/mol. The van der Waals surface area contributed by atoms with Crippen molar-refractivity contribution in [3.63, 3.8) is 0 Å². The van der Waals surface area contributed by atoms with Crippen LogP contribution in [0, 0.1) is 5.82 Å². The van der Waals surface area contributed by atoms with Gasteiger partial charge >= 0.3 is 5.97 Å². The van der Waals surface area contributed by atoms with Crippen molar-refractivity contribution >= 4 is 17.6 Å². The molecule has 0 spiro atoms. The Morgan fingerprint density at radius 1 is 1.67 bits per heavy atom. The molecule has 1 aromatic rings. The van der Waals surface area contributed by atoms with E-state index >= 15 is 0 Å². The summed E-state index contributed by atoms with van der Waals surface area (Å²) in [5.74, 6) is -2.42. The SMILES string of the molecule is COC(=O)[C@@H](N)c1cc(Cl)cc(F)c1O. The number of ether oxygens (including phenoxy) is 1. The first-order chi connectivity index (χ1) is 6.97. The third-order valence-corrected chi connectivity index (χ3v) is 2.07. The number of benzene rings is 1. The Morgan fingerprint density at radius 2 is 2.27 bits per heavy atom. The Bertz CT molecular complexity index is 397. The maximum absolute atomic E-state index is 13.0. The first-order valence-electron chi connectivity index (χ1n) is 3.98. The second kappa shape index (κ2) is 4.46. The maximum atomic E-state index is 13.0. The second-order valence-electron chi connectivity index (χ2n) is 2.83. The number of phenols is 1. The fraction of sp³-hybridized carbons (Fsp3) is 0.222. The molecule has 0 fully saturated rings. The predicted molar refractivity (Wildman–Crippen MR) is 52.0 cm³/mol. The van der Waals surface area contributed by atoms with Gasteiger partial charge in [-0.3, -0.25) is 4.79 Å². The van der Waals surface area contributed by atoms with Crippen molar-refractivity contribution in [2.24, 2.45) is 5.73 Å². The number of aromatic hydroxyl groups is 1. The zero-order valence-corrected chi connectivity index (χ0v) is 8.58. The molecule has 82 valence electrons. The molecule has 0 saturated heterocycles. The van der Waals surface area contributed by atoms with E-state index in [1.165, 1.54) is 6.07 Å². The zero-order chi connectivity index (χ0) is 11.6. The molecule has 0 aliphatic heterocycles. The summed E-state index contributed by atoms with van der Waals surface area (Å²) in [6, 6.07) is 0.870. The van der Waals surface area contributed by atoms with Crippen LogP contribution in [0.3, 0.4) is 0 Å². The number of halogens is 2. The Balaban J connectivity index is 3.19. The lowest BCUT2D eigenvalue weighted by Crippen LogP contribution is -2.22. The second-order valence-corrected chi connectivity index (χ2v) is 3.26. The van der Waals surface area contributed by atoms with E-state index in [4.69, 9.17) is 17.3 Å². The minimum atomic E-state index is -1.26. The molecule has 6 heteroatoms. The average Bonchev–Trinajstić information content (AvgIpc) is 2.21. The molecule has 1 rings (SSSR count). The van der Waals surface area contributed by atoms with E-state index in [1.54, 1.807) is 0 Å². The number of esters is 1. The number of hydrogen-bond acceptors (Lipinski definition) is 4. The summed E-state index contributed by atoms with van der Waals surface area (Å²) < 4.78 is 17.4. The molecule has 0 radical (unpaired) electrons. The van der Waals surface area contributed by atoms with Gasteiger partial charge in [-0.15, -0.1) is 0 Å². The molecular weight excluding hydrogens is 225 g/mol. The third-order valence-electron chi connectivity index (χ3n) is 1.85. The number of carbonyl (C=O) groups excluding carboxylic acids is 1. The maximum Gasteiger partial charge on any atom is 0.327 e. The zero-order valence-electron chi connectivity index (χ0n) is 7.83. The predicted octanol–water partition coefficient (Wildman–Crippen LogP) is 1.36. The minimum absolute atomic E-state index is 0.0413. The van der Waals surface area contributed by atoms with Crippen molar-refractivity contribution in [1.29, 1.82) is 0 Å². The van der Waals surface area contributed by atoms with Gasteiger partial charge in [-0.2, -0.15) is 0 Å². The van der Waals surface area contributed by atoms with Crippen molar-refractivity contribution in [2.45, 2.75) is 6.04 Å². The highest BCUT2D eigenvalue weighted by atomic mass is 35.5. The van der Waals surface area contributed by atoms with Crippen LogP contribution in [0.15, 0.2) is 12.1 Å². The molecule has 4 nitrogen and oxygen atoms in total. The molecule has 1 aromatic carbocycles. The summed E-state index contributed by atoms with van der Waals surface area (Å²) in [6.07, 6.45) is 0. The van der Waals surface area contributed by atoms with Crippen LogP contribution in [0.4, 0.5) is 4.39 Å². The highest BCUT2D eigenvalue weighted by Gasteiger charge is 2.22. The molecule has 0 unspecified atom stereocenters. The van der Waals surface area contributed by atoms with E-state index in [0.717, 1.165) is 13.2 Å². The van der Waals surface area contributed by atoms with Crippen LogP contribution in [0.25, 0.3) is 0 Å². The van der Waals surface area contributed by atoms with E-state index in [9.17, 15) is 14.3 Å². The van der Waals surface area contributed by atoms with E-state index < -0.39 is 23.6 Å². The van der Waals surface area contributed by atoms with Crippen molar-refractivity contribution in [2.75, 3.05) is 7.11 Å². The first kappa shape index (κ1) is 11.7. The lowest BCUT2D eigenvalue weighted by Gasteiger charge is -2.12. The van der Waals surface area contributed by atoms with Gasteiger partial charge in [0.05, 0.1) is 7.11 Å².